The molecular weight excluding hydrogens is 270 g/mol. The van der Waals surface area contributed by atoms with Crippen molar-refractivity contribution in [3.05, 3.63) is 28.2 Å². The number of rotatable bonds is 0. The van der Waals surface area contributed by atoms with E-state index in [2.05, 4.69) is 51.2 Å². The molecule has 0 atom stereocenters. The van der Waals surface area contributed by atoms with Crippen LogP contribution in [0.5, 0.6) is 0 Å². The zero-order valence-corrected chi connectivity index (χ0v) is 11.0. The first-order chi connectivity index (χ1) is 7.29. The van der Waals surface area contributed by atoms with Gasteiger partial charge in [0.2, 0.25) is 0 Å². The highest BCUT2D eigenvalue weighted by atomic mass is 79.9. The molecular formula is C12H14BrNS. The van der Waals surface area contributed by atoms with E-state index in [0.717, 1.165) is 0 Å². The van der Waals surface area contributed by atoms with Crippen molar-refractivity contribution < 1.29 is 0 Å². The van der Waals surface area contributed by atoms with E-state index < -0.39 is 0 Å². The van der Waals surface area contributed by atoms with E-state index in [1.54, 1.807) is 0 Å². The molecule has 0 amide bonds. The summed E-state index contributed by atoms with van der Waals surface area (Å²) >= 11 is 5.76. The molecule has 80 valence electrons. The summed E-state index contributed by atoms with van der Waals surface area (Å²) < 4.78 is 1.78. The molecule has 1 nitrogen and oxygen atoms in total. The molecule has 15 heavy (non-hydrogen) atoms. The van der Waals surface area contributed by atoms with Crippen molar-refractivity contribution in [3.63, 3.8) is 0 Å². The van der Waals surface area contributed by atoms with Crippen LogP contribution in [0.1, 0.15) is 18.4 Å². The van der Waals surface area contributed by atoms with Gasteiger partial charge in [0.1, 0.15) is 0 Å². The molecule has 1 saturated heterocycles. The van der Waals surface area contributed by atoms with Gasteiger partial charge >= 0.3 is 0 Å². The zero-order valence-electron chi connectivity index (χ0n) is 8.55. The first-order valence-electron chi connectivity index (χ1n) is 5.46. The Hall–Kier alpha value is 0.01000. The van der Waals surface area contributed by atoms with Crippen molar-refractivity contribution >= 4 is 27.7 Å². The third-order valence-corrected chi connectivity index (χ3v) is 5.99. The normalized spacial score (nSPS) is 23.0. The molecule has 2 heterocycles. The highest BCUT2D eigenvalue weighted by Gasteiger charge is 2.39. The molecule has 3 rings (SSSR count). The highest BCUT2D eigenvalue weighted by Crippen LogP contribution is 2.52. The number of halogens is 1. The van der Waals surface area contributed by atoms with E-state index in [4.69, 9.17) is 0 Å². The number of hydrogen-bond acceptors (Lipinski definition) is 2. The Morgan fingerprint density at radius 1 is 1.27 bits per heavy atom. The molecule has 1 aromatic rings. The van der Waals surface area contributed by atoms with Crippen LogP contribution in [0.4, 0.5) is 0 Å². The monoisotopic (exact) mass is 283 g/mol. The second kappa shape index (κ2) is 3.79. The standard InChI is InChI=1S/C12H14BrNS/c13-10-3-1-2-9-8-12(15-11(9)10)4-6-14-7-5-12/h1-3,14H,4-8H2. The molecule has 0 radical (unpaired) electrons. The number of benzene rings is 1. The van der Waals surface area contributed by atoms with Crippen molar-refractivity contribution in [2.75, 3.05) is 13.1 Å². The van der Waals surface area contributed by atoms with Gasteiger partial charge in [-0.25, -0.2) is 0 Å². The minimum atomic E-state index is 0.497. The van der Waals surface area contributed by atoms with Crippen LogP contribution in [-0.2, 0) is 6.42 Å². The van der Waals surface area contributed by atoms with Crippen molar-refractivity contribution in [2.45, 2.75) is 28.9 Å². The smallest absolute Gasteiger partial charge is 0.0314 e. The molecule has 1 spiro atoms. The van der Waals surface area contributed by atoms with Crippen LogP contribution in [0.25, 0.3) is 0 Å². The number of piperidine rings is 1. The summed E-state index contributed by atoms with van der Waals surface area (Å²) in [5, 5.41) is 3.45. The summed E-state index contributed by atoms with van der Waals surface area (Å²) in [5.74, 6) is 0. The third-order valence-electron chi connectivity index (χ3n) is 3.39. The van der Waals surface area contributed by atoms with Gasteiger partial charge in [0.05, 0.1) is 0 Å². The summed E-state index contributed by atoms with van der Waals surface area (Å²) in [4.78, 5) is 1.49. The summed E-state index contributed by atoms with van der Waals surface area (Å²) in [6, 6.07) is 6.60. The Bertz CT molecular complexity index is 385. The van der Waals surface area contributed by atoms with Gasteiger partial charge in [-0.1, -0.05) is 12.1 Å². The van der Waals surface area contributed by atoms with E-state index in [9.17, 15) is 0 Å². The van der Waals surface area contributed by atoms with Gasteiger partial charge in [0.15, 0.2) is 0 Å². The Morgan fingerprint density at radius 3 is 2.80 bits per heavy atom. The fourth-order valence-corrected chi connectivity index (χ4v) is 4.72. The molecule has 0 unspecified atom stereocenters. The molecule has 0 aliphatic carbocycles. The van der Waals surface area contributed by atoms with Gasteiger partial charge in [0.25, 0.3) is 0 Å². The van der Waals surface area contributed by atoms with Crippen LogP contribution in [-0.4, -0.2) is 17.8 Å². The largest absolute Gasteiger partial charge is 0.317 e. The van der Waals surface area contributed by atoms with Crippen LogP contribution in [0.3, 0.4) is 0 Å². The Balaban J connectivity index is 1.94. The second-order valence-electron chi connectivity index (χ2n) is 4.44. The SMILES string of the molecule is Brc1cccc2c1SC1(CCNCC1)C2. The Labute approximate surface area is 103 Å². The lowest BCUT2D eigenvalue weighted by molar-refractivity contribution is 0.417. The van der Waals surface area contributed by atoms with E-state index in [1.807, 2.05) is 0 Å². The Kier molecular flexibility index (Phi) is 2.57. The van der Waals surface area contributed by atoms with Gasteiger partial charge in [-0.3, -0.25) is 0 Å². The van der Waals surface area contributed by atoms with Crippen LogP contribution in [0.15, 0.2) is 27.6 Å². The minimum absolute atomic E-state index is 0.497. The zero-order chi connectivity index (χ0) is 10.3. The van der Waals surface area contributed by atoms with Crippen LogP contribution < -0.4 is 5.32 Å². The number of thioether (sulfide) groups is 1. The average Bonchev–Trinajstić information content (AvgIpc) is 2.59. The van der Waals surface area contributed by atoms with Gasteiger partial charge in [-0.05, 0) is 59.9 Å². The van der Waals surface area contributed by atoms with E-state index in [0.29, 0.717) is 4.75 Å². The van der Waals surface area contributed by atoms with Gasteiger partial charge in [-0.2, -0.15) is 0 Å². The van der Waals surface area contributed by atoms with Crippen molar-refractivity contribution in [2.24, 2.45) is 0 Å². The van der Waals surface area contributed by atoms with Crippen molar-refractivity contribution in [1.82, 2.24) is 5.32 Å². The minimum Gasteiger partial charge on any atom is -0.317 e. The molecule has 2 aliphatic rings. The summed E-state index contributed by atoms with van der Waals surface area (Å²) in [7, 11) is 0. The maximum atomic E-state index is 3.66. The van der Waals surface area contributed by atoms with Crippen LogP contribution >= 0.6 is 27.7 Å². The average molecular weight is 284 g/mol. The predicted molar refractivity (Wildman–Crippen MR) is 68.5 cm³/mol. The van der Waals surface area contributed by atoms with Crippen molar-refractivity contribution in [1.29, 1.82) is 0 Å². The molecule has 1 N–H and O–H groups in total. The van der Waals surface area contributed by atoms with E-state index >= 15 is 0 Å². The third kappa shape index (κ3) is 1.75. The molecule has 0 saturated carbocycles. The number of nitrogens with one attached hydrogen (secondary N) is 1. The highest BCUT2D eigenvalue weighted by molar-refractivity contribution is 9.10. The molecule has 3 heteroatoms. The molecule has 1 fully saturated rings. The quantitative estimate of drug-likeness (QED) is 0.785. The first kappa shape index (κ1) is 10.2. The number of fused-ring (bicyclic) bond motifs is 1. The van der Waals surface area contributed by atoms with E-state index in [1.165, 1.54) is 47.3 Å². The van der Waals surface area contributed by atoms with Gasteiger partial charge < -0.3 is 5.32 Å². The lowest BCUT2D eigenvalue weighted by Gasteiger charge is -2.32. The topological polar surface area (TPSA) is 12.0 Å². The summed E-state index contributed by atoms with van der Waals surface area (Å²) in [6.07, 6.45) is 3.87. The summed E-state index contributed by atoms with van der Waals surface area (Å²) in [5.41, 5.74) is 1.54. The van der Waals surface area contributed by atoms with Gasteiger partial charge in [-0.15, -0.1) is 11.8 Å². The lowest BCUT2D eigenvalue weighted by atomic mass is 9.90. The first-order valence-corrected chi connectivity index (χ1v) is 7.07. The maximum absolute atomic E-state index is 3.66. The van der Waals surface area contributed by atoms with E-state index in [-0.39, 0.29) is 0 Å². The summed E-state index contributed by atoms with van der Waals surface area (Å²) in [6.45, 7) is 2.36. The van der Waals surface area contributed by atoms with Crippen LogP contribution in [0.2, 0.25) is 0 Å². The molecule has 0 aromatic heterocycles. The van der Waals surface area contributed by atoms with Crippen LogP contribution in [0, 0.1) is 0 Å². The number of hydrogen-bond donors (Lipinski definition) is 1. The molecule has 0 bridgehead atoms. The second-order valence-corrected chi connectivity index (χ2v) is 6.77. The fraction of sp³-hybridized carbons (Fsp3) is 0.500. The predicted octanol–water partition coefficient (Wildman–Crippen LogP) is 3.22. The Morgan fingerprint density at radius 2 is 2.07 bits per heavy atom. The maximum Gasteiger partial charge on any atom is 0.0314 e. The van der Waals surface area contributed by atoms with Gasteiger partial charge in [0, 0.05) is 14.1 Å². The van der Waals surface area contributed by atoms with Crippen molar-refractivity contribution in [3.8, 4) is 0 Å². The fourth-order valence-electron chi connectivity index (χ4n) is 2.57. The lowest BCUT2D eigenvalue weighted by Crippen LogP contribution is -2.39. The molecule has 1 aromatic carbocycles. The molecule has 2 aliphatic heterocycles.